The summed E-state index contributed by atoms with van der Waals surface area (Å²) in [6, 6.07) is -2.76. The molecule has 17 heteroatoms. The van der Waals surface area contributed by atoms with E-state index in [0.29, 0.717) is 6.42 Å². The quantitative estimate of drug-likeness (QED) is 0.137. The number of aliphatic hydroxyl groups is 1. The third-order valence-corrected chi connectivity index (χ3v) is 7.39. The Morgan fingerprint density at radius 2 is 1.64 bits per heavy atom. The van der Waals surface area contributed by atoms with Gasteiger partial charge in [0.15, 0.2) is 35.0 Å². The van der Waals surface area contributed by atoms with Crippen molar-refractivity contribution in [1.82, 2.24) is 20.9 Å². The molecule has 238 valence electrons. The molecule has 3 amide bonds. The number of hydrogen-bond donors (Lipinski definition) is 5. The molecule has 2 saturated heterocycles. The first-order chi connectivity index (χ1) is 20.7. The molecular formula is C27H27F5N4O8. The van der Waals surface area contributed by atoms with E-state index >= 15 is 0 Å². The molecular weight excluding hydrogens is 603 g/mol. The number of halogens is 5. The zero-order chi connectivity index (χ0) is 32.5. The molecule has 12 nitrogen and oxygen atoms in total. The maximum absolute atomic E-state index is 14.6. The number of cyclic esters (lactones) is 1. The number of rotatable bonds is 5. The summed E-state index contributed by atoms with van der Waals surface area (Å²) in [7, 11) is 0. The van der Waals surface area contributed by atoms with Crippen LogP contribution in [0, 0.1) is 35.0 Å². The van der Waals surface area contributed by atoms with Crippen LogP contribution >= 0.6 is 0 Å². The van der Waals surface area contributed by atoms with E-state index in [9.17, 15) is 51.3 Å². The van der Waals surface area contributed by atoms with Crippen LogP contribution in [0.5, 0.6) is 5.75 Å². The number of carbonyl (C=O) groups is 4. The van der Waals surface area contributed by atoms with Crippen LogP contribution in [0.3, 0.4) is 0 Å². The first-order valence-corrected chi connectivity index (χ1v) is 13.3. The molecule has 1 aromatic heterocycles. The van der Waals surface area contributed by atoms with E-state index in [2.05, 4.69) is 20.9 Å². The Balaban J connectivity index is 1.75. The lowest BCUT2D eigenvalue weighted by Gasteiger charge is -2.37. The Kier molecular flexibility index (Phi) is 9.68. The summed E-state index contributed by atoms with van der Waals surface area (Å²) in [5, 5.41) is 27.9. The first kappa shape index (κ1) is 32.5. The number of nitrogens with zero attached hydrogens (tertiary/aromatic N) is 1. The Hall–Kier alpha value is -4.38. The van der Waals surface area contributed by atoms with Crippen molar-refractivity contribution >= 4 is 23.7 Å². The monoisotopic (exact) mass is 630 g/mol. The summed E-state index contributed by atoms with van der Waals surface area (Å²) in [4.78, 5) is 56.3. The molecule has 2 aromatic rings. The van der Waals surface area contributed by atoms with Gasteiger partial charge in [0.2, 0.25) is 17.6 Å². The number of amides is 3. The largest absolute Gasteiger partial charge is 0.505 e. The molecule has 0 spiro atoms. The molecule has 2 fully saturated rings. The third kappa shape index (κ3) is 6.42. The minimum atomic E-state index is -2.43. The Morgan fingerprint density at radius 3 is 2.20 bits per heavy atom. The Morgan fingerprint density at radius 1 is 1.02 bits per heavy atom. The van der Waals surface area contributed by atoms with Gasteiger partial charge in [0.1, 0.15) is 17.9 Å². The second kappa shape index (κ2) is 13.1. The van der Waals surface area contributed by atoms with Crippen LogP contribution in [0.2, 0.25) is 0 Å². The number of benzene rings is 1. The predicted octanol–water partition coefficient (Wildman–Crippen LogP) is 0.525. The van der Waals surface area contributed by atoms with E-state index in [1.165, 1.54) is 13.0 Å². The fourth-order valence-electron chi connectivity index (χ4n) is 4.69. The standard InChI is InChI=1S/C27H27F5N4O8/c1-9-23(38)12(8-11-15(28)17(30)19(32)18(31)16(11)29)34-25(40)20(35-26(41)21-13(37)4-3-6-33-21)10(2)44-27(42)22(36-24(9)39)14-5-7-43-14/h3-4,6,9-10,12,14,20,22-23,37-38H,5,7-8H2,1-2H3,(H,34,40)(H,35,41)(H,36,39)/t9-,10-,12+,14?,20+,22?,23+/m1/s1. The maximum Gasteiger partial charge on any atom is 0.331 e. The lowest BCUT2D eigenvalue weighted by molar-refractivity contribution is -0.166. The second-order valence-corrected chi connectivity index (χ2v) is 10.3. The van der Waals surface area contributed by atoms with Crippen molar-refractivity contribution in [2.45, 2.75) is 63.1 Å². The fourth-order valence-corrected chi connectivity index (χ4v) is 4.69. The van der Waals surface area contributed by atoms with Crippen molar-refractivity contribution in [2.24, 2.45) is 5.92 Å². The van der Waals surface area contributed by atoms with Crippen molar-refractivity contribution in [3.05, 3.63) is 58.7 Å². The van der Waals surface area contributed by atoms with E-state index in [1.807, 2.05) is 0 Å². The molecule has 2 aliphatic rings. The van der Waals surface area contributed by atoms with Crippen molar-refractivity contribution < 1.29 is 60.8 Å². The van der Waals surface area contributed by atoms with Gasteiger partial charge in [-0.2, -0.15) is 0 Å². The van der Waals surface area contributed by atoms with Gasteiger partial charge in [-0.1, -0.05) is 6.92 Å². The van der Waals surface area contributed by atoms with E-state index < -0.39 is 119 Å². The highest BCUT2D eigenvalue weighted by Crippen LogP contribution is 2.26. The number of nitrogens with one attached hydrogen (secondary N) is 3. The van der Waals surface area contributed by atoms with Gasteiger partial charge in [0, 0.05) is 24.8 Å². The summed E-state index contributed by atoms with van der Waals surface area (Å²) >= 11 is 0. The van der Waals surface area contributed by atoms with Crippen LogP contribution in [0.1, 0.15) is 36.3 Å². The van der Waals surface area contributed by atoms with Gasteiger partial charge < -0.3 is 35.6 Å². The average molecular weight is 631 g/mol. The molecule has 0 bridgehead atoms. The molecule has 44 heavy (non-hydrogen) atoms. The molecule has 2 aliphatic heterocycles. The molecule has 7 atom stereocenters. The molecule has 3 heterocycles. The smallest absolute Gasteiger partial charge is 0.331 e. The summed E-state index contributed by atoms with van der Waals surface area (Å²) in [5.74, 6) is -18.0. The summed E-state index contributed by atoms with van der Waals surface area (Å²) in [6.45, 7) is 2.54. The van der Waals surface area contributed by atoms with E-state index in [4.69, 9.17) is 9.47 Å². The average Bonchev–Trinajstić information content (AvgIpc) is 2.96. The minimum Gasteiger partial charge on any atom is -0.505 e. The Bertz CT molecular complexity index is 1450. The van der Waals surface area contributed by atoms with Gasteiger partial charge in [-0.3, -0.25) is 14.4 Å². The van der Waals surface area contributed by atoms with Crippen LogP contribution in [0.25, 0.3) is 0 Å². The minimum absolute atomic E-state index is 0.247. The molecule has 4 rings (SSSR count). The number of aromatic nitrogens is 1. The SMILES string of the molecule is C[C@H]1OC(=O)C(C2CCO2)NC(=O)[C@H](C)[C@H](O)[C@H](Cc2c(F)c(F)c(F)c(F)c2F)NC(=O)[C@H]1NC(=O)c1ncccc1O. The number of esters is 1. The predicted molar refractivity (Wildman–Crippen MR) is 136 cm³/mol. The van der Waals surface area contributed by atoms with Crippen LogP contribution in [0.15, 0.2) is 18.3 Å². The van der Waals surface area contributed by atoms with Gasteiger partial charge in [-0.25, -0.2) is 31.7 Å². The van der Waals surface area contributed by atoms with E-state index in [1.54, 1.807) is 0 Å². The van der Waals surface area contributed by atoms with Crippen LogP contribution in [-0.2, 0) is 30.3 Å². The van der Waals surface area contributed by atoms with Gasteiger partial charge >= 0.3 is 5.97 Å². The zero-order valence-corrected chi connectivity index (χ0v) is 23.1. The number of ether oxygens (including phenoxy) is 2. The molecule has 0 radical (unpaired) electrons. The molecule has 2 unspecified atom stereocenters. The number of carbonyl (C=O) groups excluding carboxylic acids is 4. The van der Waals surface area contributed by atoms with E-state index in [0.717, 1.165) is 19.2 Å². The highest BCUT2D eigenvalue weighted by Gasteiger charge is 2.43. The Labute approximate surface area is 245 Å². The van der Waals surface area contributed by atoms with Crippen LogP contribution in [-0.4, -0.2) is 81.9 Å². The topological polar surface area (TPSA) is 176 Å². The summed E-state index contributed by atoms with van der Waals surface area (Å²) in [6.07, 6.45) is -4.18. The van der Waals surface area contributed by atoms with Crippen molar-refractivity contribution in [1.29, 1.82) is 0 Å². The number of aromatic hydroxyl groups is 1. The highest BCUT2D eigenvalue weighted by molar-refractivity contribution is 5.98. The fraction of sp³-hybridized carbons (Fsp3) is 0.444. The van der Waals surface area contributed by atoms with Gasteiger partial charge in [0.05, 0.1) is 24.2 Å². The normalized spacial score (nSPS) is 28.0. The zero-order valence-electron chi connectivity index (χ0n) is 23.1. The molecule has 0 saturated carbocycles. The van der Waals surface area contributed by atoms with Crippen molar-refractivity contribution in [3.8, 4) is 5.75 Å². The lowest BCUT2D eigenvalue weighted by Crippen LogP contribution is -2.62. The van der Waals surface area contributed by atoms with Crippen molar-refractivity contribution in [2.75, 3.05) is 6.61 Å². The number of aliphatic hydroxyl groups excluding tert-OH is 1. The molecule has 0 aliphatic carbocycles. The molecule has 1 aromatic carbocycles. The maximum atomic E-state index is 14.6. The van der Waals surface area contributed by atoms with E-state index in [-0.39, 0.29) is 6.61 Å². The van der Waals surface area contributed by atoms with Crippen LogP contribution in [0.4, 0.5) is 22.0 Å². The second-order valence-electron chi connectivity index (χ2n) is 10.3. The molecule has 5 N–H and O–H groups in total. The lowest BCUT2D eigenvalue weighted by atomic mass is 9.90. The van der Waals surface area contributed by atoms with Gasteiger partial charge in [-0.05, 0) is 25.5 Å². The van der Waals surface area contributed by atoms with Gasteiger partial charge in [0.25, 0.3) is 5.91 Å². The van der Waals surface area contributed by atoms with Crippen LogP contribution < -0.4 is 16.0 Å². The number of hydrogen-bond acceptors (Lipinski definition) is 9. The summed E-state index contributed by atoms with van der Waals surface area (Å²) < 4.78 is 81.5. The summed E-state index contributed by atoms with van der Waals surface area (Å²) in [5.41, 5.74) is -1.94. The third-order valence-electron chi connectivity index (χ3n) is 7.39. The van der Waals surface area contributed by atoms with Crippen molar-refractivity contribution in [3.63, 3.8) is 0 Å². The first-order valence-electron chi connectivity index (χ1n) is 13.3. The highest BCUT2D eigenvalue weighted by atomic mass is 19.2. The van der Waals surface area contributed by atoms with Gasteiger partial charge in [-0.15, -0.1) is 0 Å². The number of pyridine rings is 1.